The second-order valence-electron chi connectivity index (χ2n) is 4.77. The fraction of sp³-hybridized carbons (Fsp3) is 0.235. The molecule has 0 aliphatic heterocycles. The second kappa shape index (κ2) is 7.71. The Hall–Kier alpha value is -2.20. The summed E-state index contributed by atoms with van der Waals surface area (Å²) in [6, 6.07) is 12.6. The number of hydrogen-bond acceptors (Lipinski definition) is 3. The molecule has 0 aliphatic carbocycles. The topological polar surface area (TPSA) is 47.6 Å². The van der Waals surface area contributed by atoms with Crippen LogP contribution in [0.2, 0.25) is 5.02 Å². The van der Waals surface area contributed by atoms with Crippen molar-refractivity contribution < 1.29 is 14.3 Å². The first-order valence-corrected chi connectivity index (χ1v) is 7.29. The molecule has 1 amide bonds. The summed E-state index contributed by atoms with van der Waals surface area (Å²) >= 11 is 6.04. The highest BCUT2D eigenvalue weighted by Crippen LogP contribution is 2.24. The fourth-order valence-corrected chi connectivity index (χ4v) is 2.09. The molecule has 2 rings (SSSR count). The zero-order valence-electron chi connectivity index (χ0n) is 12.6. The molecule has 0 atom stereocenters. The van der Waals surface area contributed by atoms with Crippen molar-refractivity contribution in [2.45, 2.75) is 6.92 Å². The maximum atomic E-state index is 12.0. The molecular weight excluding hydrogens is 302 g/mol. The lowest BCUT2D eigenvalue weighted by Gasteiger charge is -2.10. The van der Waals surface area contributed by atoms with Gasteiger partial charge in [0.25, 0.3) is 5.91 Å². The normalized spacial score (nSPS) is 10.1. The van der Waals surface area contributed by atoms with Crippen LogP contribution >= 0.6 is 11.6 Å². The van der Waals surface area contributed by atoms with E-state index in [1.807, 2.05) is 19.1 Å². The van der Waals surface area contributed by atoms with Crippen molar-refractivity contribution in [3.05, 3.63) is 58.6 Å². The Balaban J connectivity index is 1.83. The molecule has 5 heteroatoms. The minimum atomic E-state index is -0.169. The van der Waals surface area contributed by atoms with Crippen molar-refractivity contribution >= 4 is 17.5 Å². The van der Waals surface area contributed by atoms with E-state index in [2.05, 4.69) is 5.32 Å². The lowest BCUT2D eigenvalue weighted by molar-refractivity contribution is 0.0946. The lowest BCUT2D eigenvalue weighted by atomic mass is 10.2. The Morgan fingerprint density at radius 3 is 2.82 bits per heavy atom. The highest BCUT2D eigenvalue weighted by molar-refractivity contribution is 6.32. The van der Waals surface area contributed by atoms with Gasteiger partial charge in [-0.25, -0.2) is 0 Å². The number of carbonyl (C=O) groups excluding carboxylic acids is 1. The summed E-state index contributed by atoms with van der Waals surface area (Å²) in [5.41, 5.74) is 1.62. The third-order valence-electron chi connectivity index (χ3n) is 3.06. The number of amides is 1. The molecular formula is C17H18ClNO3. The number of aryl methyl sites for hydroxylation is 1. The summed E-state index contributed by atoms with van der Waals surface area (Å²) in [7, 11) is 1.57. The molecule has 0 saturated heterocycles. The zero-order valence-corrected chi connectivity index (χ0v) is 13.3. The van der Waals surface area contributed by atoms with Crippen LogP contribution in [0.5, 0.6) is 11.5 Å². The number of carbonyl (C=O) groups is 1. The third-order valence-corrected chi connectivity index (χ3v) is 3.38. The standard InChI is InChI=1S/C17H18ClNO3/c1-12-6-7-15(18)16(10-12)22-9-8-19-17(20)13-4-3-5-14(11-13)21-2/h3-7,10-11H,8-9H2,1-2H3,(H,19,20). The molecule has 0 aromatic heterocycles. The minimum Gasteiger partial charge on any atom is -0.497 e. The van der Waals surface area contributed by atoms with Crippen LogP contribution in [0.4, 0.5) is 0 Å². The van der Waals surface area contributed by atoms with Crippen LogP contribution in [0.25, 0.3) is 0 Å². The van der Waals surface area contributed by atoms with Gasteiger partial charge in [-0.15, -0.1) is 0 Å². The van der Waals surface area contributed by atoms with Gasteiger partial charge in [0.2, 0.25) is 0 Å². The predicted octanol–water partition coefficient (Wildman–Crippen LogP) is 3.47. The first-order valence-electron chi connectivity index (χ1n) is 6.91. The first kappa shape index (κ1) is 16.2. The number of methoxy groups -OCH3 is 1. The van der Waals surface area contributed by atoms with Gasteiger partial charge in [-0.3, -0.25) is 4.79 Å². The van der Waals surface area contributed by atoms with Crippen molar-refractivity contribution in [1.82, 2.24) is 5.32 Å². The number of nitrogens with one attached hydrogen (secondary N) is 1. The molecule has 0 aliphatic rings. The van der Waals surface area contributed by atoms with E-state index in [9.17, 15) is 4.79 Å². The molecule has 1 N–H and O–H groups in total. The van der Waals surface area contributed by atoms with Crippen LogP contribution in [0.3, 0.4) is 0 Å². The maximum absolute atomic E-state index is 12.0. The van der Waals surface area contributed by atoms with E-state index in [-0.39, 0.29) is 5.91 Å². The lowest BCUT2D eigenvalue weighted by Crippen LogP contribution is -2.28. The van der Waals surface area contributed by atoms with E-state index >= 15 is 0 Å². The third kappa shape index (κ3) is 4.40. The van der Waals surface area contributed by atoms with Crippen molar-refractivity contribution in [2.24, 2.45) is 0 Å². The smallest absolute Gasteiger partial charge is 0.251 e. The van der Waals surface area contributed by atoms with Crippen LogP contribution < -0.4 is 14.8 Å². The number of ether oxygens (including phenoxy) is 2. The van der Waals surface area contributed by atoms with Crippen LogP contribution in [0, 0.1) is 6.92 Å². The van der Waals surface area contributed by atoms with Crippen LogP contribution in [-0.2, 0) is 0 Å². The molecule has 22 heavy (non-hydrogen) atoms. The predicted molar refractivity (Wildman–Crippen MR) is 87.0 cm³/mol. The zero-order chi connectivity index (χ0) is 15.9. The van der Waals surface area contributed by atoms with Gasteiger partial charge in [0, 0.05) is 5.56 Å². The SMILES string of the molecule is COc1cccc(C(=O)NCCOc2cc(C)ccc2Cl)c1. The van der Waals surface area contributed by atoms with Crippen molar-refractivity contribution in [3.63, 3.8) is 0 Å². The Kier molecular flexibility index (Phi) is 5.67. The van der Waals surface area contributed by atoms with E-state index in [1.165, 1.54) is 0 Å². The van der Waals surface area contributed by atoms with Crippen molar-refractivity contribution in [2.75, 3.05) is 20.3 Å². The van der Waals surface area contributed by atoms with E-state index < -0.39 is 0 Å². The Morgan fingerprint density at radius 1 is 1.23 bits per heavy atom. The number of benzene rings is 2. The van der Waals surface area contributed by atoms with E-state index in [1.54, 1.807) is 37.4 Å². The van der Waals surface area contributed by atoms with Gasteiger partial charge in [0.15, 0.2) is 0 Å². The highest BCUT2D eigenvalue weighted by atomic mass is 35.5. The molecule has 2 aromatic rings. The first-order chi connectivity index (χ1) is 10.6. The van der Waals surface area contributed by atoms with Gasteiger partial charge < -0.3 is 14.8 Å². The van der Waals surface area contributed by atoms with Crippen molar-refractivity contribution in [3.8, 4) is 11.5 Å². The minimum absolute atomic E-state index is 0.169. The summed E-state index contributed by atoms with van der Waals surface area (Å²) in [5.74, 6) is 1.10. The van der Waals surface area contributed by atoms with Gasteiger partial charge >= 0.3 is 0 Å². The summed E-state index contributed by atoms with van der Waals surface area (Å²) in [6.07, 6.45) is 0. The quantitative estimate of drug-likeness (QED) is 0.829. The van der Waals surface area contributed by atoms with Gasteiger partial charge in [0.1, 0.15) is 18.1 Å². The molecule has 0 saturated carbocycles. The van der Waals surface area contributed by atoms with E-state index in [4.69, 9.17) is 21.1 Å². The molecule has 0 spiro atoms. The summed E-state index contributed by atoms with van der Waals surface area (Å²) in [6.45, 7) is 2.70. The highest BCUT2D eigenvalue weighted by Gasteiger charge is 2.06. The Labute approximate surface area is 135 Å². The van der Waals surface area contributed by atoms with Gasteiger partial charge in [-0.05, 0) is 42.8 Å². The van der Waals surface area contributed by atoms with Crippen LogP contribution in [-0.4, -0.2) is 26.2 Å². The summed E-state index contributed by atoms with van der Waals surface area (Å²) < 4.78 is 10.7. The Bertz CT molecular complexity index is 658. The van der Waals surface area contributed by atoms with Gasteiger partial charge in [0.05, 0.1) is 18.7 Å². The van der Waals surface area contributed by atoms with Crippen molar-refractivity contribution in [1.29, 1.82) is 0 Å². The van der Waals surface area contributed by atoms with E-state index in [0.717, 1.165) is 5.56 Å². The molecule has 0 fully saturated rings. The molecule has 0 unspecified atom stereocenters. The molecule has 0 bridgehead atoms. The summed E-state index contributed by atoms with van der Waals surface area (Å²) in [4.78, 5) is 12.0. The van der Waals surface area contributed by atoms with E-state index in [0.29, 0.717) is 35.2 Å². The number of halogens is 1. The summed E-state index contributed by atoms with van der Waals surface area (Å²) in [5, 5.41) is 3.35. The monoisotopic (exact) mass is 319 g/mol. The molecule has 0 heterocycles. The molecule has 2 aromatic carbocycles. The van der Waals surface area contributed by atoms with Gasteiger partial charge in [-0.1, -0.05) is 23.7 Å². The second-order valence-corrected chi connectivity index (χ2v) is 5.18. The fourth-order valence-electron chi connectivity index (χ4n) is 1.91. The Morgan fingerprint density at radius 2 is 2.05 bits per heavy atom. The molecule has 0 radical (unpaired) electrons. The average molecular weight is 320 g/mol. The van der Waals surface area contributed by atoms with Crippen LogP contribution in [0.15, 0.2) is 42.5 Å². The molecule has 4 nitrogen and oxygen atoms in total. The largest absolute Gasteiger partial charge is 0.497 e. The number of rotatable bonds is 6. The van der Waals surface area contributed by atoms with Gasteiger partial charge in [-0.2, -0.15) is 0 Å². The molecule has 116 valence electrons. The van der Waals surface area contributed by atoms with Crippen LogP contribution in [0.1, 0.15) is 15.9 Å². The average Bonchev–Trinajstić information content (AvgIpc) is 2.54. The maximum Gasteiger partial charge on any atom is 0.251 e. The number of hydrogen-bond donors (Lipinski definition) is 1.